The summed E-state index contributed by atoms with van der Waals surface area (Å²) in [5, 5.41) is 2.98. The number of hydrogen-bond acceptors (Lipinski definition) is 2. The second-order valence-corrected chi connectivity index (χ2v) is 5.06. The third-order valence-corrected chi connectivity index (χ3v) is 3.65. The van der Waals surface area contributed by atoms with Crippen LogP contribution in [-0.4, -0.2) is 19.0 Å². The molecule has 0 bridgehead atoms. The molecule has 3 heteroatoms. The van der Waals surface area contributed by atoms with E-state index in [1.54, 1.807) is 0 Å². The molecule has 0 unspecified atom stereocenters. The van der Waals surface area contributed by atoms with Crippen molar-refractivity contribution in [2.45, 2.75) is 13.0 Å². The van der Waals surface area contributed by atoms with Crippen LogP contribution in [0.3, 0.4) is 0 Å². The van der Waals surface area contributed by atoms with Gasteiger partial charge in [-0.05, 0) is 23.6 Å². The molecule has 3 nitrogen and oxygen atoms in total. The fraction of sp³-hybridized carbons (Fsp3) is 0.235. The fourth-order valence-corrected chi connectivity index (χ4v) is 2.60. The van der Waals surface area contributed by atoms with Crippen molar-refractivity contribution in [2.75, 3.05) is 18.0 Å². The summed E-state index contributed by atoms with van der Waals surface area (Å²) in [6.07, 6.45) is 1.03. The molecule has 0 saturated heterocycles. The lowest BCUT2D eigenvalue weighted by atomic mass is 10.2. The van der Waals surface area contributed by atoms with Crippen molar-refractivity contribution in [2.24, 2.45) is 0 Å². The number of fused-ring (bicyclic) bond motifs is 1. The smallest absolute Gasteiger partial charge is 0.239 e. The lowest BCUT2D eigenvalue weighted by molar-refractivity contribution is -0.119. The van der Waals surface area contributed by atoms with Crippen LogP contribution in [0.25, 0.3) is 0 Å². The Hall–Kier alpha value is -2.29. The minimum Gasteiger partial charge on any atom is -0.362 e. The van der Waals surface area contributed by atoms with Crippen molar-refractivity contribution in [3.8, 4) is 0 Å². The highest BCUT2D eigenvalue weighted by Gasteiger charge is 2.20. The molecule has 1 aliphatic heterocycles. The molecule has 2 aromatic rings. The molecule has 0 radical (unpaired) electrons. The summed E-state index contributed by atoms with van der Waals surface area (Å²) in [7, 11) is 0. The lowest BCUT2D eigenvalue weighted by Gasteiger charge is -2.18. The molecule has 2 aromatic carbocycles. The molecular formula is C17H18N2O. The summed E-state index contributed by atoms with van der Waals surface area (Å²) in [5.41, 5.74) is 3.66. The van der Waals surface area contributed by atoms with Gasteiger partial charge in [0.1, 0.15) is 0 Å². The monoisotopic (exact) mass is 266 g/mol. The van der Waals surface area contributed by atoms with Crippen molar-refractivity contribution >= 4 is 11.6 Å². The van der Waals surface area contributed by atoms with E-state index < -0.39 is 0 Å². The van der Waals surface area contributed by atoms with E-state index in [9.17, 15) is 4.79 Å². The largest absolute Gasteiger partial charge is 0.362 e. The summed E-state index contributed by atoms with van der Waals surface area (Å²) in [6, 6.07) is 18.3. The Morgan fingerprint density at radius 1 is 1.05 bits per heavy atom. The van der Waals surface area contributed by atoms with Crippen molar-refractivity contribution in [1.29, 1.82) is 0 Å². The van der Waals surface area contributed by atoms with Gasteiger partial charge in [-0.25, -0.2) is 0 Å². The minimum absolute atomic E-state index is 0.0746. The molecular weight excluding hydrogens is 248 g/mol. The van der Waals surface area contributed by atoms with Gasteiger partial charge < -0.3 is 10.2 Å². The average Bonchev–Trinajstić information content (AvgIpc) is 2.90. The summed E-state index contributed by atoms with van der Waals surface area (Å²) in [4.78, 5) is 14.2. The third kappa shape index (κ3) is 2.82. The minimum atomic E-state index is 0.0746. The first-order valence-electron chi connectivity index (χ1n) is 6.96. The maximum absolute atomic E-state index is 12.0. The maximum atomic E-state index is 12.0. The Kier molecular flexibility index (Phi) is 3.68. The van der Waals surface area contributed by atoms with Gasteiger partial charge >= 0.3 is 0 Å². The number of rotatable bonds is 4. The van der Waals surface area contributed by atoms with Gasteiger partial charge in [-0.3, -0.25) is 4.79 Å². The van der Waals surface area contributed by atoms with Crippen molar-refractivity contribution < 1.29 is 4.79 Å². The third-order valence-electron chi connectivity index (χ3n) is 3.65. The zero-order chi connectivity index (χ0) is 13.8. The van der Waals surface area contributed by atoms with Crippen LogP contribution in [0, 0.1) is 0 Å². The van der Waals surface area contributed by atoms with E-state index in [1.165, 1.54) is 11.3 Å². The summed E-state index contributed by atoms with van der Waals surface area (Å²) < 4.78 is 0. The predicted octanol–water partition coefficient (Wildman–Crippen LogP) is 2.37. The molecule has 0 saturated carbocycles. The van der Waals surface area contributed by atoms with Crippen LogP contribution in [0.4, 0.5) is 5.69 Å². The highest BCUT2D eigenvalue weighted by atomic mass is 16.2. The Bertz CT molecular complexity index is 595. The van der Waals surface area contributed by atoms with E-state index >= 15 is 0 Å². The number of amides is 1. The number of carbonyl (C=O) groups excluding carboxylic acids is 1. The molecule has 20 heavy (non-hydrogen) atoms. The number of hydrogen-bond donors (Lipinski definition) is 1. The van der Waals surface area contributed by atoms with Crippen molar-refractivity contribution in [1.82, 2.24) is 5.32 Å². The van der Waals surface area contributed by atoms with E-state index in [2.05, 4.69) is 28.4 Å². The van der Waals surface area contributed by atoms with Gasteiger partial charge in [0, 0.05) is 18.8 Å². The topological polar surface area (TPSA) is 32.3 Å². The molecule has 0 fully saturated rings. The lowest BCUT2D eigenvalue weighted by Crippen LogP contribution is -2.36. The molecule has 102 valence electrons. The number of nitrogens with zero attached hydrogens (tertiary/aromatic N) is 1. The van der Waals surface area contributed by atoms with Gasteiger partial charge in [0.2, 0.25) is 5.91 Å². The molecule has 1 heterocycles. The second-order valence-electron chi connectivity index (χ2n) is 5.06. The predicted molar refractivity (Wildman–Crippen MR) is 80.6 cm³/mol. The van der Waals surface area contributed by atoms with Crippen LogP contribution in [0.1, 0.15) is 11.1 Å². The number of nitrogens with one attached hydrogen (secondary N) is 1. The molecule has 1 amide bonds. The Morgan fingerprint density at radius 3 is 2.65 bits per heavy atom. The number of para-hydroxylation sites is 1. The van der Waals surface area contributed by atoms with E-state index in [4.69, 9.17) is 0 Å². The zero-order valence-corrected chi connectivity index (χ0v) is 11.4. The van der Waals surface area contributed by atoms with Crippen LogP contribution in [0.5, 0.6) is 0 Å². The number of anilines is 1. The highest BCUT2D eigenvalue weighted by Crippen LogP contribution is 2.26. The van der Waals surface area contributed by atoms with Crippen LogP contribution < -0.4 is 10.2 Å². The van der Waals surface area contributed by atoms with Gasteiger partial charge in [0.05, 0.1) is 6.54 Å². The Labute approximate surface area is 119 Å². The van der Waals surface area contributed by atoms with E-state index in [0.717, 1.165) is 18.5 Å². The molecule has 3 rings (SSSR count). The summed E-state index contributed by atoms with van der Waals surface area (Å²) in [6.45, 7) is 1.96. The standard InChI is InChI=1S/C17H18N2O/c20-17(18-12-14-6-2-1-3-7-14)13-19-11-10-15-8-4-5-9-16(15)19/h1-9H,10-13H2,(H,18,20). The van der Waals surface area contributed by atoms with E-state index in [1.807, 2.05) is 36.4 Å². The quantitative estimate of drug-likeness (QED) is 0.921. The molecule has 1 aliphatic rings. The van der Waals surface area contributed by atoms with Crippen molar-refractivity contribution in [3.63, 3.8) is 0 Å². The SMILES string of the molecule is O=C(CN1CCc2ccccc21)NCc1ccccc1. The maximum Gasteiger partial charge on any atom is 0.239 e. The highest BCUT2D eigenvalue weighted by molar-refractivity contribution is 5.82. The summed E-state index contributed by atoms with van der Waals surface area (Å²) in [5.74, 6) is 0.0746. The first-order chi connectivity index (χ1) is 9.83. The number of carbonyl (C=O) groups is 1. The van der Waals surface area contributed by atoms with Crippen LogP contribution in [-0.2, 0) is 17.8 Å². The van der Waals surface area contributed by atoms with Crippen LogP contribution in [0.2, 0.25) is 0 Å². The Morgan fingerprint density at radius 2 is 1.80 bits per heavy atom. The summed E-state index contributed by atoms with van der Waals surface area (Å²) >= 11 is 0. The van der Waals surface area contributed by atoms with Crippen LogP contribution >= 0.6 is 0 Å². The number of benzene rings is 2. The second kappa shape index (κ2) is 5.78. The van der Waals surface area contributed by atoms with Gasteiger partial charge in [-0.15, -0.1) is 0 Å². The zero-order valence-electron chi connectivity index (χ0n) is 11.4. The van der Waals surface area contributed by atoms with Gasteiger partial charge in [0.25, 0.3) is 0 Å². The van der Waals surface area contributed by atoms with Crippen LogP contribution in [0.15, 0.2) is 54.6 Å². The normalized spacial score (nSPS) is 13.1. The van der Waals surface area contributed by atoms with Crippen molar-refractivity contribution in [3.05, 3.63) is 65.7 Å². The molecule has 0 aliphatic carbocycles. The fourth-order valence-electron chi connectivity index (χ4n) is 2.60. The van der Waals surface area contributed by atoms with Gasteiger partial charge in [-0.1, -0.05) is 48.5 Å². The van der Waals surface area contributed by atoms with Gasteiger partial charge in [-0.2, -0.15) is 0 Å². The van der Waals surface area contributed by atoms with E-state index in [-0.39, 0.29) is 5.91 Å². The Balaban J connectivity index is 1.55. The van der Waals surface area contributed by atoms with Gasteiger partial charge in [0.15, 0.2) is 0 Å². The average molecular weight is 266 g/mol. The first-order valence-corrected chi connectivity index (χ1v) is 6.96. The molecule has 1 N–H and O–H groups in total. The molecule has 0 atom stereocenters. The first kappa shape index (κ1) is 12.7. The molecule has 0 aromatic heterocycles. The van der Waals surface area contributed by atoms with E-state index in [0.29, 0.717) is 13.1 Å². The molecule has 0 spiro atoms.